The summed E-state index contributed by atoms with van der Waals surface area (Å²) in [5.41, 5.74) is 4.72. The van der Waals surface area contributed by atoms with E-state index in [2.05, 4.69) is 4.98 Å². The number of rotatable bonds is 3. The molecule has 6 heteroatoms. The summed E-state index contributed by atoms with van der Waals surface area (Å²) in [7, 11) is 0. The summed E-state index contributed by atoms with van der Waals surface area (Å²) in [5, 5.41) is 8.36. The third-order valence-electron chi connectivity index (χ3n) is 1.46. The number of aryl methyl sites for hydroxylation is 1. The van der Waals surface area contributed by atoms with Crippen molar-refractivity contribution in [3.05, 3.63) is 22.7 Å². The summed E-state index contributed by atoms with van der Waals surface area (Å²) in [6, 6.07) is 1.45. The van der Waals surface area contributed by atoms with Crippen molar-refractivity contribution in [2.75, 3.05) is 5.73 Å². The molecule has 0 bridgehead atoms. The Kier molecular flexibility index (Phi) is 2.63. The van der Waals surface area contributed by atoms with Gasteiger partial charge in [0.15, 0.2) is 0 Å². The van der Waals surface area contributed by atoms with Crippen molar-refractivity contribution in [2.45, 2.75) is 13.0 Å². The summed E-state index contributed by atoms with van der Waals surface area (Å²) < 4.78 is 1.20. The van der Waals surface area contributed by atoms with E-state index in [0.717, 1.165) is 0 Å². The summed E-state index contributed by atoms with van der Waals surface area (Å²) >= 11 is 0. The first-order valence-corrected chi connectivity index (χ1v) is 3.64. The van der Waals surface area contributed by atoms with Gasteiger partial charge >= 0.3 is 11.7 Å². The SMILES string of the molecule is Nc1ccn(CCC(=O)O)c(=O)n1. The molecule has 0 spiro atoms. The van der Waals surface area contributed by atoms with Crippen LogP contribution in [0.2, 0.25) is 0 Å². The molecular formula is C7H9N3O3. The number of nitrogens with two attached hydrogens (primary N) is 1. The first kappa shape index (κ1) is 9.24. The van der Waals surface area contributed by atoms with Crippen LogP contribution < -0.4 is 11.4 Å². The Bertz CT molecular complexity index is 371. The van der Waals surface area contributed by atoms with E-state index < -0.39 is 11.7 Å². The lowest BCUT2D eigenvalue weighted by molar-refractivity contribution is -0.137. The van der Waals surface area contributed by atoms with E-state index in [9.17, 15) is 9.59 Å². The fourth-order valence-electron chi connectivity index (χ4n) is 0.828. The van der Waals surface area contributed by atoms with Gasteiger partial charge in [0.05, 0.1) is 6.42 Å². The number of carboxylic acid groups (broad SMARTS) is 1. The van der Waals surface area contributed by atoms with Gasteiger partial charge in [-0.15, -0.1) is 0 Å². The summed E-state index contributed by atoms with van der Waals surface area (Å²) in [4.78, 5) is 24.7. The van der Waals surface area contributed by atoms with Gasteiger partial charge in [-0.3, -0.25) is 9.36 Å². The Morgan fingerprint density at radius 2 is 2.38 bits per heavy atom. The second-order valence-corrected chi connectivity index (χ2v) is 2.47. The molecule has 0 unspecified atom stereocenters. The number of anilines is 1. The number of carbonyl (C=O) groups is 1. The summed E-state index contributed by atoms with van der Waals surface area (Å²) in [6.07, 6.45) is 1.32. The van der Waals surface area contributed by atoms with E-state index in [1.54, 1.807) is 0 Å². The highest BCUT2D eigenvalue weighted by Crippen LogP contribution is 1.91. The molecule has 0 aliphatic heterocycles. The highest BCUT2D eigenvalue weighted by Gasteiger charge is 2.00. The zero-order valence-electron chi connectivity index (χ0n) is 6.80. The molecule has 1 rings (SSSR count). The quantitative estimate of drug-likeness (QED) is 0.645. The molecule has 0 amide bonds. The normalized spacial score (nSPS) is 9.85. The topological polar surface area (TPSA) is 98.2 Å². The Morgan fingerprint density at radius 1 is 1.69 bits per heavy atom. The number of aromatic nitrogens is 2. The van der Waals surface area contributed by atoms with Crippen molar-refractivity contribution in [1.82, 2.24) is 9.55 Å². The predicted molar refractivity (Wildman–Crippen MR) is 45.2 cm³/mol. The average molecular weight is 183 g/mol. The summed E-state index contributed by atoms with van der Waals surface area (Å²) in [5.74, 6) is -0.819. The van der Waals surface area contributed by atoms with Crippen molar-refractivity contribution >= 4 is 11.8 Å². The van der Waals surface area contributed by atoms with Crippen molar-refractivity contribution < 1.29 is 9.90 Å². The fraction of sp³-hybridized carbons (Fsp3) is 0.286. The minimum absolute atomic E-state index is 0.106. The molecule has 0 aromatic carbocycles. The Balaban J connectivity index is 2.78. The zero-order valence-corrected chi connectivity index (χ0v) is 6.80. The van der Waals surface area contributed by atoms with Crippen LogP contribution in [0.25, 0.3) is 0 Å². The molecule has 70 valence electrons. The van der Waals surface area contributed by atoms with E-state index in [1.165, 1.54) is 16.8 Å². The Labute approximate surface area is 73.6 Å². The second-order valence-electron chi connectivity index (χ2n) is 2.47. The lowest BCUT2D eigenvalue weighted by Crippen LogP contribution is -2.24. The van der Waals surface area contributed by atoms with E-state index in [4.69, 9.17) is 10.8 Å². The van der Waals surface area contributed by atoms with Gasteiger partial charge in [0.1, 0.15) is 5.82 Å². The molecule has 1 heterocycles. The third kappa shape index (κ3) is 2.58. The van der Waals surface area contributed by atoms with Crippen LogP contribution in [0.1, 0.15) is 6.42 Å². The monoisotopic (exact) mass is 183 g/mol. The molecule has 0 fully saturated rings. The second kappa shape index (κ2) is 3.70. The van der Waals surface area contributed by atoms with Crippen molar-refractivity contribution in [3.8, 4) is 0 Å². The number of nitrogen functional groups attached to an aromatic ring is 1. The molecule has 6 nitrogen and oxygen atoms in total. The molecule has 0 atom stereocenters. The van der Waals surface area contributed by atoms with E-state index in [-0.39, 0.29) is 18.8 Å². The van der Waals surface area contributed by atoms with E-state index >= 15 is 0 Å². The van der Waals surface area contributed by atoms with Gasteiger partial charge in [0, 0.05) is 12.7 Å². The Hall–Kier alpha value is -1.85. The van der Waals surface area contributed by atoms with Crippen LogP contribution in [0, 0.1) is 0 Å². The maximum Gasteiger partial charge on any atom is 0.349 e. The lowest BCUT2D eigenvalue weighted by atomic mass is 10.4. The standard InChI is InChI=1S/C7H9N3O3/c8-5-1-3-10(7(13)9-5)4-2-6(11)12/h1,3H,2,4H2,(H,11,12)(H2,8,9,13). The molecule has 13 heavy (non-hydrogen) atoms. The minimum atomic E-state index is -0.955. The molecular weight excluding hydrogens is 174 g/mol. The average Bonchev–Trinajstić information content (AvgIpc) is 2.02. The predicted octanol–water partition coefficient (Wildman–Crippen LogP) is -0.700. The number of carboxylic acids is 1. The smallest absolute Gasteiger partial charge is 0.349 e. The van der Waals surface area contributed by atoms with Crippen molar-refractivity contribution in [2.24, 2.45) is 0 Å². The first-order chi connectivity index (χ1) is 6.09. The van der Waals surface area contributed by atoms with Gasteiger partial charge in [0.25, 0.3) is 0 Å². The zero-order chi connectivity index (χ0) is 9.84. The molecule has 1 aromatic heterocycles. The van der Waals surface area contributed by atoms with E-state index in [0.29, 0.717) is 0 Å². The molecule has 0 saturated heterocycles. The van der Waals surface area contributed by atoms with Gasteiger partial charge in [-0.05, 0) is 6.07 Å². The van der Waals surface area contributed by atoms with Crippen LogP contribution in [-0.4, -0.2) is 20.6 Å². The van der Waals surface area contributed by atoms with Crippen LogP contribution in [0.5, 0.6) is 0 Å². The van der Waals surface area contributed by atoms with Crippen LogP contribution in [-0.2, 0) is 11.3 Å². The lowest BCUT2D eigenvalue weighted by Gasteiger charge is -2.01. The van der Waals surface area contributed by atoms with Gasteiger partial charge in [-0.25, -0.2) is 4.79 Å². The van der Waals surface area contributed by atoms with Gasteiger partial charge in [0.2, 0.25) is 0 Å². The van der Waals surface area contributed by atoms with Crippen LogP contribution in [0.3, 0.4) is 0 Å². The van der Waals surface area contributed by atoms with Gasteiger partial charge in [-0.2, -0.15) is 4.98 Å². The maximum absolute atomic E-state index is 11.0. The highest BCUT2D eigenvalue weighted by molar-refractivity contribution is 5.66. The largest absolute Gasteiger partial charge is 0.481 e. The molecule has 3 N–H and O–H groups in total. The first-order valence-electron chi connectivity index (χ1n) is 3.64. The molecule has 0 aliphatic rings. The van der Waals surface area contributed by atoms with E-state index in [1.807, 2.05) is 0 Å². The molecule has 0 saturated carbocycles. The number of nitrogens with zero attached hydrogens (tertiary/aromatic N) is 2. The molecule has 0 radical (unpaired) electrons. The van der Waals surface area contributed by atoms with Gasteiger partial charge in [-0.1, -0.05) is 0 Å². The minimum Gasteiger partial charge on any atom is -0.481 e. The van der Waals surface area contributed by atoms with Crippen LogP contribution >= 0.6 is 0 Å². The number of hydrogen-bond acceptors (Lipinski definition) is 4. The van der Waals surface area contributed by atoms with Crippen LogP contribution in [0.4, 0.5) is 5.82 Å². The van der Waals surface area contributed by atoms with Crippen molar-refractivity contribution in [1.29, 1.82) is 0 Å². The number of aliphatic carboxylic acids is 1. The molecule has 0 aliphatic carbocycles. The third-order valence-corrected chi connectivity index (χ3v) is 1.46. The maximum atomic E-state index is 11.0. The fourth-order valence-corrected chi connectivity index (χ4v) is 0.828. The molecule has 1 aromatic rings. The summed E-state index contributed by atoms with van der Waals surface area (Å²) in [6.45, 7) is 0.113. The Morgan fingerprint density at radius 3 is 2.92 bits per heavy atom. The van der Waals surface area contributed by atoms with Crippen LogP contribution in [0.15, 0.2) is 17.1 Å². The van der Waals surface area contributed by atoms with Crippen molar-refractivity contribution in [3.63, 3.8) is 0 Å². The van der Waals surface area contributed by atoms with Gasteiger partial charge < -0.3 is 10.8 Å². The number of hydrogen-bond donors (Lipinski definition) is 2. The highest BCUT2D eigenvalue weighted by atomic mass is 16.4.